The summed E-state index contributed by atoms with van der Waals surface area (Å²) in [5.41, 5.74) is 3.08. The molecule has 0 aliphatic heterocycles. The van der Waals surface area contributed by atoms with Gasteiger partial charge in [-0.25, -0.2) is 4.98 Å². The summed E-state index contributed by atoms with van der Waals surface area (Å²) < 4.78 is 2.06. The van der Waals surface area contributed by atoms with Crippen LogP contribution in [-0.4, -0.2) is 29.8 Å². The molecule has 3 heterocycles. The van der Waals surface area contributed by atoms with E-state index < -0.39 is 0 Å². The summed E-state index contributed by atoms with van der Waals surface area (Å²) in [6.45, 7) is 0.502. The summed E-state index contributed by atoms with van der Waals surface area (Å²) in [7, 11) is 2.00. The van der Waals surface area contributed by atoms with E-state index in [1.54, 1.807) is 16.1 Å². The molecular weight excluding hydrogens is 284 g/mol. The van der Waals surface area contributed by atoms with Crippen molar-refractivity contribution in [1.29, 1.82) is 0 Å². The molecule has 4 aromatic rings. The highest BCUT2D eigenvalue weighted by atomic mass is 32.1. The van der Waals surface area contributed by atoms with Crippen molar-refractivity contribution in [3.05, 3.63) is 46.9 Å². The molecule has 0 aliphatic rings. The lowest BCUT2D eigenvalue weighted by Crippen LogP contribution is -2.09. The van der Waals surface area contributed by atoms with Gasteiger partial charge in [0, 0.05) is 18.0 Å². The third kappa shape index (κ3) is 2.11. The minimum atomic E-state index is 0.502. The van der Waals surface area contributed by atoms with E-state index in [9.17, 15) is 0 Å². The number of tetrazole rings is 1. The zero-order valence-corrected chi connectivity index (χ0v) is 12.2. The minimum Gasteiger partial charge on any atom is -0.329 e. The van der Waals surface area contributed by atoms with Crippen LogP contribution in [0.3, 0.4) is 0 Å². The van der Waals surface area contributed by atoms with Crippen LogP contribution in [-0.2, 0) is 13.6 Å². The van der Waals surface area contributed by atoms with Gasteiger partial charge in [0.15, 0.2) is 0 Å². The molecule has 0 amide bonds. The van der Waals surface area contributed by atoms with E-state index in [0.717, 1.165) is 22.4 Å². The van der Waals surface area contributed by atoms with Crippen molar-refractivity contribution in [1.82, 2.24) is 29.8 Å². The van der Waals surface area contributed by atoms with Gasteiger partial charge in [-0.3, -0.25) is 0 Å². The zero-order valence-electron chi connectivity index (χ0n) is 11.3. The van der Waals surface area contributed by atoms with Crippen LogP contribution in [0.5, 0.6) is 0 Å². The van der Waals surface area contributed by atoms with Crippen molar-refractivity contribution < 1.29 is 0 Å². The van der Waals surface area contributed by atoms with Gasteiger partial charge in [-0.05, 0) is 28.8 Å². The van der Waals surface area contributed by atoms with Crippen LogP contribution in [0, 0.1) is 0 Å². The molecule has 0 saturated carbocycles. The van der Waals surface area contributed by atoms with Crippen LogP contribution in [0.15, 0.2) is 41.1 Å². The lowest BCUT2D eigenvalue weighted by atomic mass is 10.3. The number of imidazole rings is 1. The molecule has 0 N–H and O–H groups in total. The number of aryl methyl sites for hydroxylation is 1. The average molecular weight is 296 g/mol. The van der Waals surface area contributed by atoms with Gasteiger partial charge in [0.2, 0.25) is 5.82 Å². The van der Waals surface area contributed by atoms with Crippen LogP contribution in [0.1, 0.15) is 5.82 Å². The summed E-state index contributed by atoms with van der Waals surface area (Å²) in [5.74, 6) is 1.56. The van der Waals surface area contributed by atoms with Crippen LogP contribution in [0.4, 0.5) is 0 Å². The first kappa shape index (κ1) is 12.2. The average Bonchev–Trinajstić information content (AvgIpc) is 3.21. The predicted molar refractivity (Wildman–Crippen MR) is 80.9 cm³/mol. The van der Waals surface area contributed by atoms with Gasteiger partial charge in [0.1, 0.15) is 12.4 Å². The SMILES string of the molecule is Cn1c(Cn2nnc(-c3ccsc3)n2)nc2ccccc21. The maximum atomic E-state index is 4.62. The summed E-state index contributed by atoms with van der Waals surface area (Å²) in [5, 5.41) is 16.6. The number of para-hydroxylation sites is 2. The second kappa shape index (κ2) is 4.78. The van der Waals surface area contributed by atoms with E-state index in [0.29, 0.717) is 12.4 Å². The number of fused-ring (bicyclic) bond motifs is 1. The third-order valence-electron chi connectivity index (χ3n) is 3.39. The molecule has 21 heavy (non-hydrogen) atoms. The smallest absolute Gasteiger partial charge is 0.205 e. The highest BCUT2D eigenvalue weighted by molar-refractivity contribution is 7.08. The van der Waals surface area contributed by atoms with Crippen LogP contribution >= 0.6 is 11.3 Å². The molecule has 0 saturated heterocycles. The summed E-state index contributed by atoms with van der Waals surface area (Å²) in [6, 6.07) is 10.0. The topological polar surface area (TPSA) is 61.4 Å². The van der Waals surface area contributed by atoms with Crippen LogP contribution in [0.25, 0.3) is 22.4 Å². The minimum absolute atomic E-state index is 0.502. The van der Waals surface area contributed by atoms with E-state index >= 15 is 0 Å². The number of hydrogen-bond donors (Lipinski definition) is 0. The fraction of sp³-hybridized carbons (Fsp3) is 0.143. The number of rotatable bonds is 3. The normalized spacial score (nSPS) is 11.3. The molecule has 0 fully saturated rings. The van der Waals surface area contributed by atoms with Crippen LogP contribution in [0.2, 0.25) is 0 Å². The molecule has 104 valence electrons. The Kier molecular flexibility index (Phi) is 2.78. The zero-order chi connectivity index (χ0) is 14.2. The molecule has 4 rings (SSSR count). The Bertz CT molecular complexity index is 889. The molecular formula is C14H12N6S. The molecule has 0 aliphatic carbocycles. The number of benzene rings is 1. The van der Waals surface area contributed by atoms with Crippen molar-refractivity contribution in [2.75, 3.05) is 0 Å². The van der Waals surface area contributed by atoms with Crippen molar-refractivity contribution in [3.63, 3.8) is 0 Å². The van der Waals surface area contributed by atoms with Gasteiger partial charge in [-0.2, -0.15) is 16.1 Å². The Hall–Kier alpha value is -2.54. The maximum absolute atomic E-state index is 4.62. The Balaban J connectivity index is 1.67. The van der Waals surface area contributed by atoms with Gasteiger partial charge in [0.05, 0.1) is 11.0 Å². The maximum Gasteiger partial charge on any atom is 0.205 e. The highest BCUT2D eigenvalue weighted by Crippen LogP contribution is 2.17. The monoisotopic (exact) mass is 296 g/mol. The van der Waals surface area contributed by atoms with E-state index in [1.165, 1.54) is 0 Å². The van der Waals surface area contributed by atoms with Gasteiger partial charge < -0.3 is 4.57 Å². The van der Waals surface area contributed by atoms with E-state index in [-0.39, 0.29) is 0 Å². The lowest BCUT2D eigenvalue weighted by molar-refractivity contribution is 0.545. The van der Waals surface area contributed by atoms with Gasteiger partial charge >= 0.3 is 0 Å². The predicted octanol–water partition coefficient (Wildman–Crippen LogP) is 2.34. The molecule has 0 radical (unpaired) electrons. The Morgan fingerprint density at radius 1 is 1.19 bits per heavy atom. The number of hydrogen-bond acceptors (Lipinski definition) is 5. The highest BCUT2D eigenvalue weighted by Gasteiger charge is 2.11. The number of aromatic nitrogens is 6. The molecule has 1 aromatic carbocycles. The standard InChI is InChI=1S/C14H12N6S/c1-19-12-5-3-2-4-11(12)15-13(19)8-20-17-14(16-18-20)10-6-7-21-9-10/h2-7,9H,8H2,1H3. The Morgan fingerprint density at radius 2 is 2.10 bits per heavy atom. The molecule has 0 spiro atoms. The first-order valence-electron chi connectivity index (χ1n) is 6.52. The van der Waals surface area contributed by atoms with Gasteiger partial charge in [0.25, 0.3) is 0 Å². The molecule has 0 bridgehead atoms. The first-order valence-corrected chi connectivity index (χ1v) is 7.46. The van der Waals surface area contributed by atoms with Crippen molar-refractivity contribution in [3.8, 4) is 11.4 Å². The third-order valence-corrected chi connectivity index (χ3v) is 4.08. The van der Waals surface area contributed by atoms with Crippen LogP contribution < -0.4 is 0 Å². The van der Waals surface area contributed by atoms with Gasteiger partial charge in [-0.15, -0.1) is 10.2 Å². The van der Waals surface area contributed by atoms with Crippen molar-refractivity contribution in [2.45, 2.75) is 6.54 Å². The largest absolute Gasteiger partial charge is 0.329 e. The molecule has 0 unspecified atom stereocenters. The fourth-order valence-corrected chi connectivity index (χ4v) is 2.92. The lowest BCUT2D eigenvalue weighted by Gasteiger charge is -2.00. The molecule has 6 nitrogen and oxygen atoms in total. The Morgan fingerprint density at radius 3 is 2.90 bits per heavy atom. The van der Waals surface area contributed by atoms with Crippen molar-refractivity contribution in [2.24, 2.45) is 7.05 Å². The van der Waals surface area contributed by atoms with Gasteiger partial charge in [-0.1, -0.05) is 12.1 Å². The summed E-state index contributed by atoms with van der Waals surface area (Å²) in [6.07, 6.45) is 0. The van der Waals surface area contributed by atoms with E-state index in [1.807, 2.05) is 42.1 Å². The first-order chi connectivity index (χ1) is 10.3. The Labute approximate surface area is 124 Å². The molecule has 0 atom stereocenters. The second-order valence-electron chi connectivity index (χ2n) is 4.73. The fourth-order valence-electron chi connectivity index (χ4n) is 2.28. The molecule has 7 heteroatoms. The summed E-state index contributed by atoms with van der Waals surface area (Å²) in [4.78, 5) is 6.19. The number of thiophene rings is 1. The quantitative estimate of drug-likeness (QED) is 0.582. The van der Waals surface area contributed by atoms with E-state index in [2.05, 4.69) is 31.0 Å². The van der Waals surface area contributed by atoms with E-state index in [4.69, 9.17) is 0 Å². The molecule has 3 aromatic heterocycles. The van der Waals surface area contributed by atoms with Crippen molar-refractivity contribution >= 4 is 22.4 Å². The second-order valence-corrected chi connectivity index (χ2v) is 5.51. The summed E-state index contributed by atoms with van der Waals surface area (Å²) >= 11 is 1.62. The number of nitrogens with zero attached hydrogens (tertiary/aromatic N) is 6.